The lowest BCUT2D eigenvalue weighted by atomic mass is 9.77. The van der Waals surface area contributed by atoms with Crippen LogP contribution in [-0.2, 0) is 9.59 Å². The number of nitrogens with zero attached hydrogens (tertiary/aromatic N) is 2. The van der Waals surface area contributed by atoms with Gasteiger partial charge in [-0.15, -0.1) is 0 Å². The van der Waals surface area contributed by atoms with E-state index in [1.54, 1.807) is 0 Å². The van der Waals surface area contributed by atoms with Crippen LogP contribution >= 0.6 is 0 Å². The van der Waals surface area contributed by atoms with Crippen LogP contribution in [0.15, 0.2) is 30.3 Å². The standard InChI is InChI=1S/C25H37N3O2/c1-19(2)18-28-17-13-25(24(28)30)11-15-27(16-12-25)14-10-22(20-6-4-3-5-7-20)26-23(29)21-8-9-21/h3-7,19,21-22H,8-18H2,1-2H3,(H,26,29)/t22-/m0/s1. The minimum atomic E-state index is -0.107. The summed E-state index contributed by atoms with van der Waals surface area (Å²) in [5.41, 5.74) is 1.08. The molecule has 1 spiro atoms. The number of hydrogen-bond donors (Lipinski definition) is 1. The smallest absolute Gasteiger partial charge is 0.228 e. The summed E-state index contributed by atoms with van der Waals surface area (Å²) < 4.78 is 0. The van der Waals surface area contributed by atoms with E-state index in [2.05, 4.69) is 41.1 Å². The topological polar surface area (TPSA) is 52.6 Å². The Labute approximate surface area is 181 Å². The number of carbonyl (C=O) groups excluding carboxylic acids is 2. The molecular weight excluding hydrogens is 374 g/mol. The number of nitrogens with one attached hydrogen (secondary N) is 1. The van der Waals surface area contributed by atoms with Gasteiger partial charge in [-0.3, -0.25) is 9.59 Å². The monoisotopic (exact) mass is 411 g/mol. The van der Waals surface area contributed by atoms with Gasteiger partial charge < -0.3 is 15.1 Å². The van der Waals surface area contributed by atoms with Crippen LogP contribution in [-0.4, -0.2) is 54.3 Å². The number of hydrogen-bond acceptors (Lipinski definition) is 3. The first-order chi connectivity index (χ1) is 14.5. The van der Waals surface area contributed by atoms with E-state index in [-0.39, 0.29) is 23.3 Å². The minimum absolute atomic E-state index is 0.0739. The predicted octanol–water partition coefficient (Wildman–Crippen LogP) is 3.61. The Balaban J connectivity index is 1.30. The van der Waals surface area contributed by atoms with Crippen molar-refractivity contribution in [3.63, 3.8) is 0 Å². The van der Waals surface area contributed by atoms with Crippen molar-refractivity contribution in [2.45, 2.75) is 58.4 Å². The number of rotatable bonds is 8. The highest BCUT2D eigenvalue weighted by Crippen LogP contribution is 2.42. The third kappa shape index (κ3) is 4.88. The Morgan fingerprint density at radius 3 is 2.40 bits per heavy atom. The molecule has 3 fully saturated rings. The predicted molar refractivity (Wildman–Crippen MR) is 119 cm³/mol. The lowest BCUT2D eigenvalue weighted by Crippen LogP contribution is -2.45. The highest BCUT2D eigenvalue weighted by atomic mass is 16.2. The summed E-state index contributed by atoms with van der Waals surface area (Å²) in [4.78, 5) is 30.0. The molecule has 2 aliphatic heterocycles. The summed E-state index contributed by atoms with van der Waals surface area (Å²) in [5.74, 6) is 1.37. The van der Waals surface area contributed by atoms with Gasteiger partial charge >= 0.3 is 0 Å². The molecule has 164 valence electrons. The van der Waals surface area contributed by atoms with E-state index in [0.29, 0.717) is 11.8 Å². The quantitative estimate of drug-likeness (QED) is 0.711. The van der Waals surface area contributed by atoms with Gasteiger partial charge in [-0.1, -0.05) is 44.2 Å². The van der Waals surface area contributed by atoms with E-state index in [1.165, 1.54) is 5.56 Å². The molecule has 1 N–H and O–H groups in total. The Morgan fingerprint density at radius 2 is 1.77 bits per heavy atom. The number of amides is 2. The van der Waals surface area contributed by atoms with E-state index < -0.39 is 0 Å². The number of carbonyl (C=O) groups is 2. The molecule has 4 rings (SSSR count). The summed E-state index contributed by atoms with van der Waals surface area (Å²) in [6.45, 7) is 9.13. The molecule has 2 heterocycles. The molecule has 2 amide bonds. The Bertz CT molecular complexity index is 736. The first-order valence-electron chi connectivity index (χ1n) is 11.8. The highest BCUT2D eigenvalue weighted by molar-refractivity contribution is 5.85. The van der Waals surface area contributed by atoms with Crippen molar-refractivity contribution < 1.29 is 9.59 Å². The average Bonchev–Trinajstić information content (AvgIpc) is 3.56. The van der Waals surface area contributed by atoms with E-state index in [9.17, 15) is 9.59 Å². The maximum absolute atomic E-state index is 13.0. The van der Waals surface area contributed by atoms with Gasteiger partial charge in [0.1, 0.15) is 0 Å². The van der Waals surface area contributed by atoms with E-state index >= 15 is 0 Å². The zero-order valence-corrected chi connectivity index (χ0v) is 18.6. The molecule has 0 bridgehead atoms. The minimum Gasteiger partial charge on any atom is -0.349 e. The maximum atomic E-state index is 13.0. The number of piperidine rings is 1. The van der Waals surface area contributed by atoms with Crippen LogP contribution in [0.25, 0.3) is 0 Å². The fourth-order valence-electron chi connectivity index (χ4n) is 5.13. The fourth-order valence-corrected chi connectivity index (χ4v) is 5.13. The molecule has 0 radical (unpaired) electrons. The van der Waals surface area contributed by atoms with Crippen molar-refractivity contribution in [1.29, 1.82) is 0 Å². The Kier molecular flexibility index (Phi) is 6.47. The second-order valence-corrected chi connectivity index (χ2v) is 10.1. The van der Waals surface area contributed by atoms with Gasteiger partial charge in [0, 0.05) is 25.6 Å². The molecule has 1 atom stereocenters. The van der Waals surface area contributed by atoms with Crippen LogP contribution < -0.4 is 5.32 Å². The molecule has 0 aromatic heterocycles. The summed E-state index contributed by atoms with van der Waals surface area (Å²) in [7, 11) is 0. The zero-order valence-electron chi connectivity index (χ0n) is 18.6. The maximum Gasteiger partial charge on any atom is 0.228 e. The summed E-state index contributed by atoms with van der Waals surface area (Å²) in [5, 5.41) is 3.29. The second kappa shape index (κ2) is 9.09. The van der Waals surface area contributed by atoms with E-state index in [0.717, 1.165) is 71.2 Å². The lowest BCUT2D eigenvalue weighted by Gasteiger charge is -2.38. The first kappa shape index (κ1) is 21.4. The molecule has 30 heavy (non-hydrogen) atoms. The Hall–Kier alpha value is -1.88. The van der Waals surface area contributed by atoms with Gasteiger partial charge in [0.25, 0.3) is 0 Å². The molecule has 1 saturated carbocycles. The molecule has 0 unspecified atom stereocenters. The van der Waals surface area contributed by atoms with Crippen molar-refractivity contribution in [2.75, 3.05) is 32.7 Å². The summed E-state index contributed by atoms with van der Waals surface area (Å²) in [6, 6.07) is 10.4. The van der Waals surface area contributed by atoms with Crippen molar-refractivity contribution in [3.8, 4) is 0 Å². The molecule has 5 heteroatoms. The van der Waals surface area contributed by atoms with Crippen LogP contribution in [0.4, 0.5) is 0 Å². The van der Waals surface area contributed by atoms with Crippen LogP contribution in [0.2, 0.25) is 0 Å². The Morgan fingerprint density at radius 1 is 1.10 bits per heavy atom. The van der Waals surface area contributed by atoms with Crippen molar-refractivity contribution >= 4 is 11.8 Å². The van der Waals surface area contributed by atoms with Crippen LogP contribution in [0.5, 0.6) is 0 Å². The molecular formula is C25H37N3O2. The third-order valence-electron chi connectivity index (χ3n) is 7.20. The van der Waals surface area contributed by atoms with Crippen LogP contribution in [0.1, 0.15) is 64.0 Å². The van der Waals surface area contributed by atoms with Gasteiger partial charge in [0.2, 0.25) is 11.8 Å². The normalized spacial score (nSPS) is 22.6. The largest absolute Gasteiger partial charge is 0.349 e. The number of benzene rings is 1. The highest BCUT2D eigenvalue weighted by Gasteiger charge is 2.47. The van der Waals surface area contributed by atoms with Gasteiger partial charge in [0.15, 0.2) is 0 Å². The van der Waals surface area contributed by atoms with Crippen molar-refractivity contribution in [2.24, 2.45) is 17.3 Å². The lowest BCUT2D eigenvalue weighted by molar-refractivity contribution is -0.138. The SMILES string of the molecule is CC(C)CN1CCC2(CCN(CC[C@H](NC(=O)C3CC3)c3ccccc3)CC2)C1=O. The van der Waals surface area contributed by atoms with Crippen molar-refractivity contribution in [1.82, 2.24) is 15.1 Å². The summed E-state index contributed by atoms with van der Waals surface area (Å²) >= 11 is 0. The van der Waals surface area contributed by atoms with Gasteiger partial charge in [-0.25, -0.2) is 0 Å². The van der Waals surface area contributed by atoms with E-state index in [1.807, 2.05) is 18.2 Å². The molecule has 1 aliphatic carbocycles. The second-order valence-electron chi connectivity index (χ2n) is 10.1. The first-order valence-corrected chi connectivity index (χ1v) is 11.8. The average molecular weight is 412 g/mol. The summed E-state index contributed by atoms with van der Waals surface area (Å²) in [6.07, 6.45) is 5.96. The molecule has 2 saturated heterocycles. The third-order valence-corrected chi connectivity index (χ3v) is 7.20. The molecule has 3 aliphatic rings. The molecule has 1 aromatic carbocycles. The van der Waals surface area contributed by atoms with Crippen LogP contribution in [0, 0.1) is 17.3 Å². The van der Waals surface area contributed by atoms with Crippen LogP contribution in [0.3, 0.4) is 0 Å². The fraction of sp³-hybridized carbons (Fsp3) is 0.680. The van der Waals surface area contributed by atoms with Gasteiger partial charge in [-0.2, -0.15) is 0 Å². The van der Waals surface area contributed by atoms with E-state index in [4.69, 9.17) is 0 Å². The van der Waals surface area contributed by atoms with Gasteiger partial charge in [-0.05, 0) is 63.1 Å². The zero-order chi connectivity index (χ0) is 21.1. The molecule has 5 nitrogen and oxygen atoms in total. The number of likely N-dealkylation sites (tertiary alicyclic amines) is 2. The molecule has 1 aromatic rings. The van der Waals surface area contributed by atoms with Gasteiger partial charge in [0.05, 0.1) is 11.5 Å². The van der Waals surface area contributed by atoms with Crippen molar-refractivity contribution in [3.05, 3.63) is 35.9 Å².